The predicted molar refractivity (Wildman–Crippen MR) is 90.7 cm³/mol. The SMILES string of the molecule is O=c1[nH]c(=O)c2cc(S(=O)(=O)NCc3cccc(C(F)(F)F)c3)ccc2[nH]1. The van der Waals surface area contributed by atoms with Gasteiger partial charge in [-0.3, -0.25) is 9.78 Å². The van der Waals surface area contributed by atoms with Gasteiger partial charge in [0.15, 0.2) is 0 Å². The first kappa shape index (κ1) is 18.9. The Hall–Kier alpha value is -2.92. The summed E-state index contributed by atoms with van der Waals surface area (Å²) < 4.78 is 65.1. The number of hydrogen-bond donors (Lipinski definition) is 3. The third-order valence-electron chi connectivity index (χ3n) is 3.74. The van der Waals surface area contributed by atoms with Crippen LogP contribution in [-0.4, -0.2) is 18.4 Å². The molecule has 0 atom stereocenters. The maximum Gasteiger partial charge on any atom is 0.416 e. The molecular weight excluding hydrogens is 387 g/mol. The summed E-state index contributed by atoms with van der Waals surface area (Å²) in [7, 11) is -4.10. The lowest BCUT2D eigenvalue weighted by Crippen LogP contribution is -2.25. The van der Waals surface area contributed by atoms with Gasteiger partial charge in [0.05, 0.1) is 21.4 Å². The second-order valence-electron chi connectivity index (χ2n) is 5.64. The second-order valence-corrected chi connectivity index (χ2v) is 7.41. The van der Waals surface area contributed by atoms with Crippen LogP contribution in [0.25, 0.3) is 10.9 Å². The molecule has 0 aliphatic carbocycles. The zero-order chi connectivity index (χ0) is 19.8. The largest absolute Gasteiger partial charge is 0.416 e. The Labute approximate surface area is 149 Å². The minimum absolute atomic E-state index is 0.0449. The van der Waals surface area contributed by atoms with Crippen LogP contribution in [0, 0.1) is 0 Å². The van der Waals surface area contributed by atoms with E-state index in [4.69, 9.17) is 0 Å². The van der Waals surface area contributed by atoms with E-state index in [9.17, 15) is 31.2 Å². The van der Waals surface area contributed by atoms with Crippen molar-refractivity contribution >= 4 is 20.9 Å². The van der Waals surface area contributed by atoms with E-state index in [0.717, 1.165) is 18.2 Å². The fourth-order valence-corrected chi connectivity index (χ4v) is 3.47. The van der Waals surface area contributed by atoms with Crippen molar-refractivity contribution in [3.63, 3.8) is 0 Å². The molecule has 0 fully saturated rings. The van der Waals surface area contributed by atoms with Crippen LogP contribution in [-0.2, 0) is 22.7 Å². The lowest BCUT2D eigenvalue weighted by Gasteiger charge is -2.10. The Kier molecular flexibility index (Phi) is 4.66. The molecule has 7 nitrogen and oxygen atoms in total. The maximum absolute atomic E-state index is 12.7. The number of hydrogen-bond acceptors (Lipinski definition) is 4. The van der Waals surface area contributed by atoms with Crippen molar-refractivity contribution in [3.05, 3.63) is 74.4 Å². The van der Waals surface area contributed by atoms with Crippen LogP contribution in [0.15, 0.2) is 56.9 Å². The lowest BCUT2D eigenvalue weighted by atomic mass is 10.1. The molecule has 142 valence electrons. The minimum atomic E-state index is -4.54. The van der Waals surface area contributed by atoms with Crippen LogP contribution in [0.4, 0.5) is 13.2 Å². The summed E-state index contributed by atoms with van der Waals surface area (Å²) in [5.74, 6) is 0. The second kappa shape index (κ2) is 6.67. The molecule has 27 heavy (non-hydrogen) atoms. The van der Waals surface area contributed by atoms with E-state index in [0.29, 0.717) is 0 Å². The first-order chi connectivity index (χ1) is 12.6. The standard InChI is InChI=1S/C16H12F3N3O4S/c17-16(18,19)10-3-1-2-9(6-10)8-20-27(25,26)11-4-5-13-12(7-11)14(23)22-15(24)21-13/h1-7,20H,8H2,(H2,21,22,23,24). The van der Waals surface area contributed by atoms with Gasteiger partial charge in [-0.15, -0.1) is 0 Å². The van der Waals surface area contributed by atoms with Crippen LogP contribution >= 0.6 is 0 Å². The van der Waals surface area contributed by atoms with Crippen molar-refractivity contribution in [3.8, 4) is 0 Å². The maximum atomic E-state index is 12.7. The quantitative estimate of drug-likeness (QED) is 0.620. The van der Waals surface area contributed by atoms with Crippen molar-refractivity contribution < 1.29 is 21.6 Å². The van der Waals surface area contributed by atoms with Crippen molar-refractivity contribution in [1.82, 2.24) is 14.7 Å². The Morgan fingerprint density at radius 1 is 1.00 bits per heavy atom. The van der Waals surface area contributed by atoms with Gasteiger partial charge in [0, 0.05) is 6.54 Å². The molecule has 3 aromatic rings. The molecule has 0 aliphatic heterocycles. The lowest BCUT2D eigenvalue weighted by molar-refractivity contribution is -0.137. The van der Waals surface area contributed by atoms with Gasteiger partial charge in [-0.1, -0.05) is 18.2 Å². The molecule has 0 unspecified atom stereocenters. The van der Waals surface area contributed by atoms with E-state index in [1.54, 1.807) is 0 Å². The number of rotatable bonds is 4. The Morgan fingerprint density at radius 3 is 2.44 bits per heavy atom. The van der Waals surface area contributed by atoms with Gasteiger partial charge in [-0.25, -0.2) is 17.9 Å². The number of sulfonamides is 1. The highest BCUT2D eigenvalue weighted by molar-refractivity contribution is 7.89. The molecule has 0 radical (unpaired) electrons. The Bertz CT molecular complexity index is 1230. The van der Waals surface area contributed by atoms with Crippen molar-refractivity contribution in [2.45, 2.75) is 17.6 Å². The number of nitrogens with one attached hydrogen (secondary N) is 3. The molecule has 3 rings (SSSR count). The normalized spacial score (nSPS) is 12.4. The highest BCUT2D eigenvalue weighted by Crippen LogP contribution is 2.29. The van der Waals surface area contributed by atoms with Crippen molar-refractivity contribution in [2.24, 2.45) is 0 Å². The van der Waals surface area contributed by atoms with Crippen LogP contribution in [0.5, 0.6) is 0 Å². The number of H-pyrrole nitrogens is 2. The molecule has 0 spiro atoms. The molecule has 1 aromatic heterocycles. The number of aromatic amines is 2. The van der Waals surface area contributed by atoms with E-state index in [1.165, 1.54) is 24.3 Å². The van der Waals surface area contributed by atoms with Gasteiger partial charge >= 0.3 is 11.9 Å². The van der Waals surface area contributed by atoms with Crippen LogP contribution in [0.2, 0.25) is 0 Å². The molecule has 0 amide bonds. The van der Waals surface area contributed by atoms with Gasteiger partial charge in [-0.2, -0.15) is 13.2 Å². The highest BCUT2D eigenvalue weighted by atomic mass is 32.2. The summed E-state index contributed by atoms with van der Waals surface area (Å²) >= 11 is 0. The third kappa shape index (κ3) is 4.09. The molecule has 0 bridgehead atoms. The first-order valence-corrected chi connectivity index (χ1v) is 8.97. The monoisotopic (exact) mass is 399 g/mol. The van der Waals surface area contributed by atoms with E-state index < -0.39 is 33.0 Å². The number of fused-ring (bicyclic) bond motifs is 1. The summed E-state index contributed by atoms with van der Waals surface area (Å²) in [5.41, 5.74) is -2.10. The third-order valence-corrected chi connectivity index (χ3v) is 5.14. The molecule has 2 aromatic carbocycles. The molecule has 3 N–H and O–H groups in total. The van der Waals surface area contributed by atoms with Crippen molar-refractivity contribution in [2.75, 3.05) is 0 Å². The topological polar surface area (TPSA) is 112 Å². The summed E-state index contributed by atoms with van der Waals surface area (Å²) in [6.07, 6.45) is -4.54. The van der Waals surface area contributed by atoms with E-state index in [1.807, 2.05) is 4.98 Å². The fraction of sp³-hybridized carbons (Fsp3) is 0.125. The molecule has 1 heterocycles. The zero-order valence-corrected chi connectivity index (χ0v) is 14.2. The van der Waals surface area contributed by atoms with Gasteiger partial charge in [-0.05, 0) is 29.8 Å². The summed E-state index contributed by atoms with van der Waals surface area (Å²) in [4.78, 5) is 27.1. The van der Waals surface area contributed by atoms with Crippen molar-refractivity contribution in [1.29, 1.82) is 0 Å². The average Bonchev–Trinajstić information content (AvgIpc) is 2.59. The number of alkyl halides is 3. The molecule has 0 saturated heterocycles. The van der Waals surface area contributed by atoms with Gasteiger partial charge in [0.25, 0.3) is 5.56 Å². The van der Waals surface area contributed by atoms with Gasteiger partial charge in [0.1, 0.15) is 0 Å². The number of benzene rings is 2. The molecule has 0 aliphatic rings. The summed E-state index contributed by atoms with van der Waals surface area (Å²) in [6, 6.07) is 7.76. The molecular formula is C16H12F3N3O4S. The van der Waals surface area contributed by atoms with Crippen LogP contribution in [0.3, 0.4) is 0 Å². The summed E-state index contributed by atoms with van der Waals surface area (Å²) in [5, 5.41) is -0.0449. The first-order valence-electron chi connectivity index (χ1n) is 7.48. The molecule has 11 heteroatoms. The molecule has 0 saturated carbocycles. The van der Waals surface area contributed by atoms with E-state index in [2.05, 4.69) is 9.71 Å². The Morgan fingerprint density at radius 2 is 1.74 bits per heavy atom. The summed E-state index contributed by atoms with van der Waals surface area (Å²) in [6.45, 7) is -0.369. The van der Waals surface area contributed by atoms with Gasteiger partial charge in [0.2, 0.25) is 10.0 Å². The predicted octanol–water partition coefficient (Wildman–Crippen LogP) is 1.71. The number of aromatic nitrogens is 2. The van der Waals surface area contributed by atoms with E-state index >= 15 is 0 Å². The van der Waals surface area contributed by atoms with Crippen LogP contribution < -0.4 is 16.0 Å². The van der Waals surface area contributed by atoms with E-state index in [-0.39, 0.29) is 27.9 Å². The zero-order valence-electron chi connectivity index (χ0n) is 13.4. The number of halogens is 3. The Balaban J connectivity index is 1.88. The van der Waals surface area contributed by atoms with Gasteiger partial charge < -0.3 is 4.98 Å². The van der Waals surface area contributed by atoms with Crippen LogP contribution in [0.1, 0.15) is 11.1 Å². The fourth-order valence-electron chi connectivity index (χ4n) is 2.43. The smallest absolute Gasteiger partial charge is 0.307 e. The minimum Gasteiger partial charge on any atom is -0.307 e. The average molecular weight is 399 g/mol. The highest BCUT2D eigenvalue weighted by Gasteiger charge is 2.30.